The van der Waals surface area contributed by atoms with Gasteiger partial charge in [-0.2, -0.15) is 0 Å². The number of carbonyl (C=O) groups is 1. The maximum Gasteiger partial charge on any atom is 0.132 e. The summed E-state index contributed by atoms with van der Waals surface area (Å²) in [5.41, 5.74) is 0. The van der Waals surface area contributed by atoms with Crippen molar-refractivity contribution in [2.45, 2.75) is 40.0 Å². The molecule has 0 spiro atoms. The third kappa shape index (κ3) is 11.5. The number of hydrogen-bond donors (Lipinski definition) is 0. The van der Waals surface area contributed by atoms with Crippen LogP contribution in [0.15, 0.2) is 0 Å². The van der Waals surface area contributed by atoms with Crippen molar-refractivity contribution in [2.24, 2.45) is 5.92 Å². The Balaban J connectivity index is 3.18. The predicted molar refractivity (Wildman–Crippen MR) is 61.0 cm³/mol. The number of ether oxygens (including phenoxy) is 2. The van der Waals surface area contributed by atoms with Crippen molar-refractivity contribution in [3.05, 3.63) is 0 Å². The van der Waals surface area contributed by atoms with Gasteiger partial charge in [-0.05, 0) is 13.3 Å². The fraction of sp³-hybridized carbons (Fsp3) is 0.917. The molecule has 0 N–H and O–H groups in total. The fourth-order valence-corrected chi connectivity index (χ4v) is 1.08. The van der Waals surface area contributed by atoms with Gasteiger partial charge in [0.1, 0.15) is 5.78 Å². The Kier molecular flexibility index (Phi) is 9.84. The molecule has 0 aromatic heterocycles. The van der Waals surface area contributed by atoms with Crippen LogP contribution in [0.4, 0.5) is 0 Å². The molecule has 0 amide bonds. The zero-order valence-electron chi connectivity index (χ0n) is 10.3. The van der Waals surface area contributed by atoms with Gasteiger partial charge in [-0.1, -0.05) is 20.3 Å². The molecule has 3 nitrogen and oxygen atoms in total. The lowest BCUT2D eigenvalue weighted by atomic mass is 10.2. The van der Waals surface area contributed by atoms with Crippen LogP contribution in [0.1, 0.15) is 40.0 Å². The van der Waals surface area contributed by atoms with E-state index >= 15 is 0 Å². The smallest absolute Gasteiger partial charge is 0.132 e. The topological polar surface area (TPSA) is 35.5 Å². The first-order valence-corrected chi connectivity index (χ1v) is 5.81. The minimum atomic E-state index is 0.182. The van der Waals surface area contributed by atoms with Crippen molar-refractivity contribution in [3.63, 3.8) is 0 Å². The first-order valence-electron chi connectivity index (χ1n) is 5.81. The first-order chi connectivity index (χ1) is 7.16. The number of unbranched alkanes of at least 4 members (excludes halogenated alkanes) is 1. The molecule has 0 radical (unpaired) electrons. The molecule has 3 heteroatoms. The van der Waals surface area contributed by atoms with Gasteiger partial charge < -0.3 is 9.47 Å². The van der Waals surface area contributed by atoms with E-state index in [0.29, 0.717) is 25.6 Å². The van der Waals surface area contributed by atoms with E-state index < -0.39 is 0 Å². The minimum absolute atomic E-state index is 0.182. The zero-order valence-corrected chi connectivity index (χ0v) is 10.3. The quantitative estimate of drug-likeness (QED) is 0.526. The highest BCUT2D eigenvalue weighted by Crippen LogP contribution is 1.99. The van der Waals surface area contributed by atoms with Gasteiger partial charge in [-0.15, -0.1) is 0 Å². The Morgan fingerprint density at radius 3 is 2.33 bits per heavy atom. The Labute approximate surface area is 93.1 Å². The Morgan fingerprint density at radius 2 is 1.80 bits per heavy atom. The molecule has 0 bridgehead atoms. The second kappa shape index (κ2) is 10.1. The summed E-state index contributed by atoms with van der Waals surface area (Å²) in [6, 6.07) is 0. The lowest BCUT2D eigenvalue weighted by molar-refractivity contribution is -0.118. The van der Waals surface area contributed by atoms with Crippen molar-refractivity contribution in [2.75, 3.05) is 26.4 Å². The number of carbonyl (C=O) groups excluding carboxylic acids is 1. The van der Waals surface area contributed by atoms with Crippen LogP contribution in [0.25, 0.3) is 0 Å². The van der Waals surface area contributed by atoms with E-state index in [9.17, 15) is 4.79 Å². The SMILES string of the molecule is CCCCOCC(C)COCCC(C)=O. The molecular weight excluding hydrogens is 192 g/mol. The molecular formula is C12H24O3. The van der Waals surface area contributed by atoms with Crippen LogP contribution in [0.5, 0.6) is 0 Å². The monoisotopic (exact) mass is 216 g/mol. The van der Waals surface area contributed by atoms with Crippen molar-refractivity contribution >= 4 is 5.78 Å². The third-order valence-electron chi connectivity index (χ3n) is 2.05. The van der Waals surface area contributed by atoms with Gasteiger partial charge in [0.15, 0.2) is 0 Å². The predicted octanol–water partition coefficient (Wildman–Crippen LogP) is 2.43. The van der Waals surface area contributed by atoms with Crippen molar-refractivity contribution in [3.8, 4) is 0 Å². The summed E-state index contributed by atoms with van der Waals surface area (Å²) in [7, 11) is 0. The maximum atomic E-state index is 10.6. The van der Waals surface area contributed by atoms with E-state index in [1.807, 2.05) is 0 Å². The van der Waals surface area contributed by atoms with Gasteiger partial charge in [-0.25, -0.2) is 0 Å². The number of ketones is 1. The Bertz CT molecular complexity index is 157. The second-order valence-electron chi connectivity index (χ2n) is 4.06. The normalized spacial score (nSPS) is 12.7. The molecule has 0 saturated heterocycles. The number of rotatable bonds is 10. The van der Waals surface area contributed by atoms with Gasteiger partial charge in [0, 0.05) is 18.9 Å². The van der Waals surface area contributed by atoms with Gasteiger partial charge >= 0.3 is 0 Å². The standard InChI is InChI=1S/C12H24O3/c1-4-5-7-14-9-11(2)10-15-8-6-12(3)13/h11H,4-10H2,1-3H3. The molecule has 0 aliphatic carbocycles. The van der Waals surface area contributed by atoms with E-state index in [0.717, 1.165) is 19.6 Å². The Morgan fingerprint density at radius 1 is 1.20 bits per heavy atom. The average Bonchev–Trinajstić information content (AvgIpc) is 2.19. The van der Waals surface area contributed by atoms with Crippen molar-refractivity contribution in [1.82, 2.24) is 0 Å². The van der Waals surface area contributed by atoms with Gasteiger partial charge in [0.2, 0.25) is 0 Å². The maximum absolute atomic E-state index is 10.6. The van der Waals surface area contributed by atoms with Crippen LogP contribution in [0.3, 0.4) is 0 Å². The summed E-state index contributed by atoms with van der Waals surface area (Å²) in [5, 5.41) is 0. The molecule has 90 valence electrons. The summed E-state index contributed by atoms with van der Waals surface area (Å²) in [6.07, 6.45) is 2.81. The molecule has 0 aromatic rings. The molecule has 0 saturated carbocycles. The molecule has 1 atom stereocenters. The van der Waals surface area contributed by atoms with Gasteiger partial charge in [0.25, 0.3) is 0 Å². The highest BCUT2D eigenvalue weighted by atomic mass is 16.5. The summed E-state index contributed by atoms with van der Waals surface area (Å²) in [5.74, 6) is 0.593. The van der Waals surface area contributed by atoms with E-state index in [4.69, 9.17) is 9.47 Å². The largest absolute Gasteiger partial charge is 0.381 e. The van der Waals surface area contributed by atoms with Gasteiger partial charge in [-0.3, -0.25) is 4.79 Å². The summed E-state index contributed by atoms with van der Waals surface area (Å²) in [4.78, 5) is 10.6. The molecule has 0 heterocycles. The molecule has 0 aliphatic heterocycles. The van der Waals surface area contributed by atoms with Gasteiger partial charge in [0.05, 0.1) is 19.8 Å². The Hall–Kier alpha value is -0.410. The number of Topliss-reactive ketones (excluding diaryl/α,β-unsaturated/α-hetero) is 1. The highest BCUT2D eigenvalue weighted by Gasteiger charge is 2.02. The third-order valence-corrected chi connectivity index (χ3v) is 2.05. The van der Waals surface area contributed by atoms with E-state index in [2.05, 4.69) is 13.8 Å². The van der Waals surface area contributed by atoms with Crippen LogP contribution in [0, 0.1) is 5.92 Å². The molecule has 0 rings (SSSR count). The average molecular weight is 216 g/mol. The van der Waals surface area contributed by atoms with Crippen LogP contribution < -0.4 is 0 Å². The molecule has 0 aromatic carbocycles. The van der Waals surface area contributed by atoms with Crippen LogP contribution in [0.2, 0.25) is 0 Å². The minimum Gasteiger partial charge on any atom is -0.381 e. The first kappa shape index (κ1) is 14.6. The zero-order chi connectivity index (χ0) is 11.5. The van der Waals surface area contributed by atoms with E-state index in [1.165, 1.54) is 6.42 Å². The van der Waals surface area contributed by atoms with E-state index in [1.54, 1.807) is 6.92 Å². The lowest BCUT2D eigenvalue weighted by Crippen LogP contribution is -2.14. The molecule has 1 unspecified atom stereocenters. The molecule has 0 fully saturated rings. The number of hydrogen-bond acceptors (Lipinski definition) is 3. The molecule has 15 heavy (non-hydrogen) atoms. The van der Waals surface area contributed by atoms with E-state index in [-0.39, 0.29) is 5.78 Å². The van der Waals surface area contributed by atoms with Crippen molar-refractivity contribution < 1.29 is 14.3 Å². The fourth-order valence-electron chi connectivity index (χ4n) is 1.08. The van der Waals surface area contributed by atoms with Crippen molar-refractivity contribution in [1.29, 1.82) is 0 Å². The van der Waals surface area contributed by atoms with Crippen LogP contribution in [-0.4, -0.2) is 32.2 Å². The van der Waals surface area contributed by atoms with Crippen LogP contribution in [-0.2, 0) is 14.3 Å². The summed E-state index contributed by atoms with van der Waals surface area (Å²) in [6.45, 7) is 8.64. The highest BCUT2D eigenvalue weighted by molar-refractivity contribution is 5.75. The summed E-state index contributed by atoms with van der Waals surface area (Å²) >= 11 is 0. The summed E-state index contributed by atoms with van der Waals surface area (Å²) < 4.78 is 10.8. The lowest BCUT2D eigenvalue weighted by Gasteiger charge is -2.12. The van der Waals surface area contributed by atoms with Crippen LogP contribution >= 0.6 is 0 Å². The second-order valence-corrected chi connectivity index (χ2v) is 4.06. The molecule has 0 aliphatic rings.